The first kappa shape index (κ1) is 18.8. The molecule has 1 saturated carbocycles. The fourth-order valence-corrected chi connectivity index (χ4v) is 4.57. The van der Waals surface area contributed by atoms with Crippen LogP contribution in [0.1, 0.15) is 37.7 Å². The zero-order chi connectivity index (χ0) is 20.7. The molecule has 2 heterocycles. The van der Waals surface area contributed by atoms with Crippen LogP contribution in [0.25, 0.3) is 11.4 Å². The number of halogens is 2. The number of anilines is 1. The fraction of sp³-hybridized carbons (Fsp3) is 0.300. The minimum absolute atomic E-state index is 0.279. The van der Waals surface area contributed by atoms with Crippen LogP contribution < -0.4 is 15.4 Å². The van der Waals surface area contributed by atoms with Gasteiger partial charge in [0.05, 0.1) is 21.8 Å². The van der Waals surface area contributed by atoms with Crippen LogP contribution in [-0.2, 0) is 5.54 Å². The van der Waals surface area contributed by atoms with Gasteiger partial charge in [0.1, 0.15) is 17.3 Å². The number of ether oxygens (including phenoxy) is 1. The molecule has 0 atom stereocenters. The number of aromatic nitrogens is 4. The van der Waals surface area contributed by atoms with Crippen molar-refractivity contribution in [2.45, 2.75) is 37.6 Å². The summed E-state index contributed by atoms with van der Waals surface area (Å²) in [5.74, 6) is 0.752. The quantitative estimate of drug-likeness (QED) is 0.558. The molecule has 5 rings (SSSR count). The second-order valence-corrected chi connectivity index (χ2v) is 7.92. The van der Waals surface area contributed by atoms with Gasteiger partial charge in [-0.1, -0.05) is 30.9 Å². The number of hydrogen-bond donors (Lipinski definition) is 3. The Morgan fingerprint density at radius 1 is 1.10 bits per heavy atom. The molecule has 8 nitrogen and oxygen atoms in total. The highest BCUT2D eigenvalue weighted by Gasteiger charge is 2.43. The third-order valence-corrected chi connectivity index (χ3v) is 5.97. The average molecular weight is 429 g/mol. The first-order valence-corrected chi connectivity index (χ1v) is 10.1. The highest BCUT2D eigenvalue weighted by Crippen LogP contribution is 2.50. The van der Waals surface area contributed by atoms with Crippen molar-refractivity contribution in [3.63, 3.8) is 0 Å². The number of rotatable bonds is 3. The fourth-order valence-electron chi connectivity index (χ4n) is 4.36. The van der Waals surface area contributed by atoms with Gasteiger partial charge in [0, 0.05) is 5.56 Å². The molecular formula is C20H18ClFN6O2. The van der Waals surface area contributed by atoms with Crippen molar-refractivity contribution in [2.75, 3.05) is 5.32 Å². The monoisotopic (exact) mass is 428 g/mol. The Morgan fingerprint density at radius 2 is 1.90 bits per heavy atom. The van der Waals surface area contributed by atoms with Crippen molar-refractivity contribution in [3.05, 3.63) is 46.7 Å². The maximum atomic E-state index is 13.9. The van der Waals surface area contributed by atoms with E-state index in [9.17, 15) is 9.18 Å². The maximum absolute atomic E-state index is 13.9. The lowest BCUT2D eigenvalue weighted by atomic mass is 9.74. The molecule has 2 amide bonds. The molecule has 3 N–H and O–H groups in total. The summed E-state index contributed by atoms with van der Waals surface area (Å²) in [6.45, 7) is 0. The van der Waals surface area contributed by atoms with E-state index in [2.05, 4.69) is 31.3 Å². The molecule has 30 heavy (non-hydrogen) atoms. The highest BCUT2D eigenvalue weighted by atomic mass is 35.5. The summed E-state index contributed by atoms with van der Waals surface area (Å²) in [6, 6.07) is 7.30. The van der Waals surface area contributed by atoms with E-state index < -0.39 is 11.4 Å². The van der Waals surface area contributed by atoms with Crippen molar-refractivity contribution >= 4 is 23.3 Å². The molecule has 2 aromatic carbocycles. The molecule has 1 aliphatic carbocycles. The van der Waals surface area contributed by atoms with Crippen molar-refractivity contribution < 1.29 is 13.9 Å². The molecule has 154 valence electrons. The Kier molecular flexibility index (Phi) is 4.54. The van der Waals surface area contributed by atoms with E-state index in [4.69, 9.17) is 16.3 Å². The molecule has 1 fully saturated rings. The number of carbonyl (C=O) groups excluding carboxylic acids is 1. The van der Waals surface area contributed by atoms with E-state index in [0.717, 1.165) is 37.7 Å². The second kappa shape index (κ2) is 7.24. The van der Waals surface area contributed by atoms with Crippen LogP contribution in [0.2, 0.25) is 5.02 Å². The van der Waals surface area contributed by atoms with Gasteiger partial charge < -0.3 is 15.4 Å². The van der Waals surface area contributed by atoms with Crippen LogP contribution in [-0.4, -0.2) is 26.7 Å². The first-order chi connectivity index (χ1) is 14.6. The van der Waals surface area contributed by atoms with Crippen molar-refractivity contribution in [3.8, 4) is 22.9 Å². The lowest BCUT2D eigenvalue weighted by Crippen LogP contribution is -2.52. The number of aromatic amines is 1. The van der Waals surface area contributed by atoms with Gasteiger partial charge in [-0.2, -0.15) is 0 Å². The molecule has 0 saturated heterocycles. The molecule has 0 bridgehead atoms. The molecule has 0 radical (unpaired) electrons. The van der Waals surface area contributed by atoms with Gasteiger partial charge in [-0.15, -0.1) is 5.10 Å². The van der Waals surface area contributed by atoms with Crippen molar-refractivity contribution in [1.82, 2.24) is 25.9 Å². The minimum atomic E-state index is -0.565. The van der Waals surface area contributed by atoms with E-state index in [-0.39, 0.29) is 11.9 Å². The minimum Gasteiger partial charge on any atom is -0.456 e. The second-order valence-electron chi connectivity index (χ2n) is 7.51. The van der Waals surface area contributed by atoms with Crippen molar-refractivity contribution in [2.24, 2.45) is 0 Å². The Labute approximate surface area is 176 Å². The van der Waals surface area contributed by atoms with Crippen molar-refractivity contribution in [1.29, 1.82) is 0 Å². The maximum Gasteiger partial charge on any atom is 0.319 e. The van der Waals surface area contributed by atoms with E-state index in [1.807, 2.05) is 0 Å². The molecule has 0 unspecified atom stereocenters. The predicted molar refractivity (Wildman–Crippen MR) is 108 cm³/mol. The largest absolute Gasteiger partial charge is 0.456 e. The number of carbonyl (C=O) groups is 1. The lowest BCUT2D eigenvalue weighted by Gasteiger charge is -2.43. The molecule has 1 aliphatic heterocycles. The van der Waals surface area contributed by atoms with Gasteiger partial charge in [-0.05, 0) is 53.6 Å². The molecule has 3 aromatic rings. The zero-order valence-electron chi connectivity index (χ0n) is 15.8. The SMILES string of the molecule is O=C1Nc2c(Cl)ccc(Oc3ccc(F)cc3-c3nnn[nH]3)c2C2(CCCCC2)N1. The summed E-state index contributed by atoms with van der Waals surface area (Å²) < 4.78 is 20.2. The summed E-state index contributed by atoms with van der Waals surface area (Å²) in [5.41, 5.74) is 1.17. The Balaban J connectivity index is 1.64. The summed E-state index contributed by atoms with van der Waals surface area (Å²) in [5, 5.41) is 20.0. The molecule has 1 aromatic heterocycles. The van der Waals surface area contributed by atoms with E-state index in [1.54, 1.807) is 12.1 Å². The molecule has 2 aliphatic rings. The number of tetrazole rings is 1. The van der Waals surface area contributed by atoms with Crippen LogP contribution in [0.3, 0.4) is 0 Å². The summed E-state index contributed by atoms with van der Waals surface area (Å²) >= 11 is 6.44. The third kappa shape index (κ3) is 3.15. The van der Waals surface area contributed by atoms with E-state index in [0.29, 0.717) is 27.8 Å². The van der Waals surface area contributed by atoms with Crippen LogP contribution in [0.5, 0.6) is 11.5 Å². The standard InChI is InChI=1S/C20H18ClFN6O2/c21-13-5-7-15(16-17(13)23-19(29)24-20(16)8-2-1-3-9-20)30-14-6-4-11(22)10-12(14)18-25-27-28-26-18/h4-7,10H,1-3,8-9H2,(H2,23,24,29)(H,25,26,27,28). The van der Waals surface area contributed by atoms with E-state index in [1.165, 1.54) is 18.2 Å². The lowest BCUT2D eigenvalue weighted by molar-refractivity contribution is 0.206. The van der Waals surface area contributed by atoms with Crippen LogP contribution >= 0.6 is 11.6 Å². The number of H-pyrrole nitrogens is 1. The topological polar surface area (TPSA) is 105 Å². The number of benzene rings is 2. The van der Waals surface area contributed by atoms with Gasteiger partial charge >= 0.3 is 6.03 Å². The normalized spacial score (nSPS) is 17.2. The van der Waals surface area contributed by atoms with Crippen LogP contribution in [0.15, 0.2) is 30.3 Å². The van der Waals surface area contributed by atoms with Gasteiger partial charge in [0.25, 0.3) is 0 Å². The zero-order valence-corrected chi connectivity index (χ0v) is 16.6. The summed E-state index contributed by atoms with van der Waals surface area (Å²) in [4.78, 5) is 12.4. The molecule has 1 spiro atoms. The van der Waals surface area contributed by atoms with E-state index >= 15 is 0 Å². The first-order valence-electron chi connectivity index (χ1n) is 9.69. The average Bonchev–Trinajstić information content (AvgIpc) is 3.26. The molecular weight excluding hydrogens is 411 g/mol. The Hall–Kier alpha value is -3.20. The highest BCUT2D eigenvalue weighted by molar-refractivity contribution is 6.34. The number of nitrogens with one attached hydrogen (secondary N) is 3. The number of nitrogens with zero attached hydrogens (tertiary/aromatic N) is 3. The number of amides is 2. The number of hydrogen-bond acceptors (Lipinski definition) is 5. The van der Waals surface area contributed by atoms with Crippen LogP contribution in [0, 0.1) is 5.82 Å². The van der Waals surface area contributed by atoms with Gasteiger partial charge in [-0.3, -0.25) is 0 Å². The van der Waals surface area contributed by atoms with Gasteiger partial charge in [0.2, 0.25) is 0 Å². The summed E-state index contributed by atoms with van der Waals surface area (Å²) in [7, 11) is 0. The number of urea groups is 1. The predicted octanol–water partition coefficient (Wildman–Crippen LogP) is 4.75. The number of fused-ring (bicyclic) bond motifs is 2. The van der Waals surface area contributed by atoms with Crippen LogP contribution in [0.4, 0.5) is 14.9 Å². The Bertz CT molecular complexity index is 1110. The van der Waals surface area contributed by atoms with Gasteiger partial charge in [-0.25, -0.2) is 14.3 Å². The molecule has 10 heteroatoms. The summed E-state index contributed by atoms with van der Waals surface area (Å²) in [6.07, 6.45) is 4.64. The van der Waals surface area contributed by atoms with Gasteiger partial charge in [0.15, 0.2) is 5.82 Å². The Morgan fingerprint density at radius 3 is 2.67 bits per heavy atom. The third-order valence-electron chi connectivity index (χ3n) is 5.66. The smallest absolute Gasteiger partial charge is 0.319 e.